The number of nitrogens with one attached hydrogen (secondary N) is 1. The van der Waals surface area contributed by atoms with E-state index in [-0.39, 0.29) is 0 Å². The lowest BCUT2D eigenvalue weighted by Crippen LogP contribution is -2.53. The molecule has 1 atom stereocenters. The highest BCUT2D eigenvalue weighted by Crippen LogP contribution is 2.28. The van der Waals surface area contributed by atoms with Crippen molar-refractivity contribution < 1.29 is 0 Å². The first-order chi connectivity index (χ1) is 6.95. The van der Waals surface area contributed by atoms with Crippen LogP contribution in [0, 0.1) is 0 Å². The Balaban J connectivity index is 1.99. The Kier molecular flexibility index (Phi) is 1.91. The first-order valence-corrected chi connectivity index (χ1v) is 5.36. The molecule has 2 aliphatic rings. The van der Waals surface area contributed by atoms with Crippen LogP contribution >= 0.6 is 0 Å². The molecule has 1 unspecified atom stereocenters. The molecule has 1 N–H and O–H groups in total. The summed E-state index contributed by atoms with van der Waals surface area (Å²) in [6, 6.07) is 4.92. The molecule has 0 bridgehead atoms. The van der Waals surface area contributed by atoms with E-state index >= 15 is 0 Å². The van der Waals surface area contributed by atoms with Gasteiger partial charge in [-0.3, -0.25) is 0 Å². The van der Waals surface area contributed by atoms with E-state index in [1.54, 1.807) is 0 Å². The van der Waals surface area contributed by atoms with Crippen LogP contribution in [0.2, 0.25) is 0 Å². The van der Waals surface area contributed by atoms with Gasteiger partial charge in [0.25, 0.3) is 0 Å². The van der Waals surface area contributed by atoms with Crippen LogP contribution in [0.3, 0.4) is 0 Å². The first-order valence-electron chi connectivity index (χ1n) is 5.36. The summed E-state index contributed by atoms with van der Waals surface area (Å²) in [5.74, 6) is 1.23. The molecule has 0 aliphatic carbocycles. The molecule has 2 aliphatic heterocycles. The molecule has 0 radical (unpaired) electrons. The summed E-state index contributed by atoms with van der Waals surface area (Å²) in [7, 11) is 0. The molecule has 74 valence electrons. The van der Waals surface area contributed by atoms with Crippen LogP contribution in [0.1, 0.15) is 12.0 Å². The van der Waals surface area contributed by atoms with Crippen molar-refractivity contribution in [3.05, 3.63) is 23.9 Å². The van der Waals surface area contributed by atoms with Crippen molar-refractivity contribution in [2.75, 3.05) is 24.5 Å². The molecule has 3 heteroatoms. The Morgan fingerprint density at radius 2 is 2.50 bits per heavy atom. The Bertz CT molecular complexity index is 337. The Labute approximate surface area is 84.1 Å². The standard InChI is InChI=1S/C11H15N3/c1-2-9-3-4-10-8-12-6-7-14(10)11(9)13-5-1/h1-2,5,10,12H,3-4,6-8H2. The Hall–Kier alpha value is -1.09. The molecule has 0 saturated carbocycles. The zero-order valence-corrected chi connectivity index (χ0v) is 8.24. The molecule has 0 spiro atoms. The fraction of sp³-hybridized carbons (Fsp3) is 0.545. The van der Waals surface area contributed by atoms with E-state index in [4.69, 9.17) is 0 Å². The van der Waals surface area contributed by atoms with Gasteiger partial charge < -0.3 is 10.2 Å². The Morgan fingerprint density at radius 3 is 3.50 bits per heavy atom. The summed E-state index contributed by atoms with van der Waals surface area (Å²) in [6.07, 6.45) is 4.36. The second-order valence-electron chi connectivity index (χ2n) is 4.08. The third-order valence-electron chi connectivity index (χ3n) is 3.24. The second-order valence-corrected chi connectivity index (χ2v) is 4.08. The van der Waals surface area contributed by atoms with E-state index in [9.17, 15) is 0 Å². The lowest BCUT2D eigenvalue weighted by molar-refractivity contribution is 0.436. The van der Waals surface area contributed by atoms with Crippen LogP contribution < -0.4 is 10.2 Å². The second kappa shape index (κ2) is 3.24. The van der Waals surface area contributed by atoms with Crippen LogP contribution in [0.5, 0.6) is 0 Å². The quantitative estimate of drug-likeness (QED) is 0.654. The van der Waals surface area contributed by atoms with E-state index in [1.807, 2.05) is 12.3 Å². The molecule has 0 aromatic carbocycles. The topological polar surface area (TPSA) is 28.2 Å². The van der Waals surface area contributed by atoms with Crippen molar-refractivity contribution in [3.63, 3.8) is 0 Å². The van der Waals surface area contributed by atoms with Crippen LogP contribution in [-0.4, -0.2) is 30.7 Å². The van der Waals surface area contributed by atoms with Gasteiger partial charge >= 0.3 is 0 Å². The van der Waals surface area contributed by atoms with E-state index in [1.165, 1.54) is 24.2 Å². The van der Waals surface area contributed by atoms with Crippen molar-refractivity contribution in [2.24, 2.45) is 0 Å². The number of anilines is 1. The van der Waals surface area contributed by atoms with Crippen molar-refractivity contribution in [3.8, 4) is 0 Å². The number of aromatic nitrogens is 1. The molecule has 3 heterocycles. The number of pyridine rings is 1. The molecule has 1 saturated heterocycles. The molecular weight excluding hydrogens is 174 g/mol. The van der Waals surface area contributed by atoms with Gasteiger partial charge in [-0.15, -0.1) is 0 Å². The summed E-state index contributed by atoms with van der Waals surface area (Å²) in [5, 5.41) is 3.45. The molecular formula is C11H15N3. The summed E-state index contributed by atoms with van der Waals surface area (Å²) >= 11 is 0. The number of fused-ring (bicyclic) bond motifs is 3. The fourth-order valence-corrected chi connectivity index (χ4v) is 2.50. The van der Waals surface area contributed by atoms with Gasteiger partial charge in [0, 0.05) is 31.9 Å². The SMILES string of the molecule is c1cnc2c(c1)CCC1CNCCN21. The fourth-order valence-electron chi connectivity index (χ4n) is 2.50. The first kappa shape index (κ1) is 8.24. The van der Waals surface area contributed by atoms with Crippen LogP contribution in [0.15, 0.2) is 18.3 Å². The van der Waals surface area contributed by atoms with Crippen LogP contribution in [0.25, 0.3) is 0 Å². The van der Waals surface area contributed by atoms with Gasteiger partial charge in [-0.2, -0.15) is 0 Å². The van der Waals surface area contributed by atoms with Crippen molar-refractivity contribution in [2.45, 2.75) is 18.9 Å². The number of nitrogens with zero attached hydrogens (tertiary/aromatic N) is 2. The molecule has 3 nitrogen and oxygen atoms in total. The maximum absolute atomic E-state index is 4.50. The average molecular weight is 189 g/mol. The minimum Gasteiger partial charge on any atom is -0.351 e. The highest BCUT2D eigenvalue weighted by atomic mass is 15.3. The smallest absolute Gasteiger partial charge is 0.132 e. The van der Waals surface area contributed by atoms with Gasteiger partial charge in [0.15, 0.2) is 0 Å². The van der Waals surface area contributed by atoms with E-state index in [0.717, 1.165) is 19.6 Å². The van der Waals surface area contributed by atoms with Gasteiger partial charge in [-0.25, -0.2) is 4.98 Å². The number of piperazine rings is 1. The zero-order valence-electron chi connectivity index (χ0n) is 8.24. The van der Waals surface area contributed by atoms with E-state index < -0.39 is 0 Å². The zero-order chi connectivity index (χ0) is 9.38. The molecule has 14 heavy (non-hydrogen) atoms. The summed E-state index contributed by atoms with van der Waals surface area (Å²) in [6.45, 7) is 3.32. The number of aryl methyl sites for hydroxylation is 1. The largest absolute Gasteiger partial charge is 0.351 e. The van der Waals surface area contributed by atoms with E-state index in [0.29, 0.717) is 6.04 Å². The average Bonchev–Trinajstić information content (AvgIpc) is 2.29. The number of rotatable bonds is 0. The minimum absolute atomic E-state index is 0.672. The molecule has 1 aromatic heterocycles. The molecule has 1 fully saturated rings. The monoisotopic (exact) mass is 189 g/mol. The number of hydrogen-bond donors (Lipinski definition) is 1. The lowest BCUT2D eigenvalue weighted by atomic mass is 9.97. The van der Waals surface area contributed by atoms with Gasteiger partial charge in [0.1, 0.15) is 5.82 Å². The highest BCUT2D eigenvalue weighted by molar-refractivity contribution is 5.50. The maximum atomic E-state index is 4.50. The lowest BCUT2D eigenvalue weighted by Gasteiger charge is -2.41. The highest BCUT2D eigenvalue weighted by Gasteiger charge is 2.28. The summed E-state index contributed by atoms with van der Waals surface area (Å²) in [5.41, 5.74) is 1.42. The van der Waals surface area contributed by atoms with Crippen molar-refractivity contribution >= 4 is 5.82 Å². The van der Waals surface area contributed by atoms with Gasteiger partial charge in [0.2, 0.25) is 0 Å². The van der Waals surface area contributed by atoms with E-state index in [2.05, 4.69) is 21.3 Å². The predicted molar refractivity (Wildman–Crippen MR) is 56.6 cm³/mol. The van der Waals surface area contributed by atoms with Crippen LogP contribution in [-0.2, 0) is 6.42 Å². The Morgan fingerprint density at radius 1 is 1.50 bits per heavy atom. The van der Waals surface area contributed by atoms with Crippen molar-refractivity contribution in [1.29, 1.82) is 0 Å². The number of hydrogen-bond acceptors (Lipinski definition) is 3. The molecule has 3 rings (SSSR count). The van der Waals surface area contributed by atoms with Gasteiger partial charge in [-0.05, 0) is 24.5 Å². The van der Waals surface area contributed by atoms with Gasteiger partial charge in [-0.1, -0.05) is 6.07 Å². The van der Waals surface area contributed by atoms with Crippen molar-refractivity contribution in [1.82, 2.24) is 10.3 Å². The third-order valence-corrected chi connectivity index (χ3v) is 3.24. The maximum Gasteiger partial charge on any atom is 0.132 e. The van der Waals surface area contributed by atoms with Crippen LogP contribution in [0.4, 0.5) is 5.82 Å². The normalized spacial score (nSPS) is 25.4. The molecule has 1 aromatic rings. The summed E-state index contributed by atoms with van der Waals surface area (Å²) < 4.78 is 0. The predicted octanol–water partition coefficient (Wildman–Crippen LogP) is 0.806. The molecule has 0 amide bonds. The minimum atomic E-state index is 0.672. The third kappa shape index (κ3) is 1.20. The van der Waals surface area contributed by atoms with Gasteiger partial charge in [0.05, 0.1) is 0 Å². The summed E-state index contributed by atoms with van der Waals surface area (Å²) in [4.78, 5) is 6.97.